The van der Waals surface area contributed by atoms with Gasteiger partial charge in [-0.25, -0.2) is 7.11 Å². The number of hydrogen-bond donors (Lipinski definition) is 0. The van der Waals surface area contributed by atoms with Crippen molar-refractivity contribution in [1.82, 2.24) is 0 Å². The molecule has 5 heavy (non-hydrogen) atoms. The zero-order chi connectivity index (χ0) is 3.41. The van der Waals surface area contributed by atoms with E-state index in [2.05, 4.69) is 11.8 Å². The van der Waals surface area contributed by atoms with Gasteiger partial charge in [-0.15, -0.1) is 0 Å². The van der Waals surface area contributed by atoms with Crippen LogP contribution in [0.4, 0.5) is 0 Å². The quantitative estimate of drug-likeness (QED) is 0.204. The third-order valence-electron chi connectivity index (χ3n) is 0.0772. The predicted molar refractivity (Wildman–Crippen MR) is 17.2 cm³/mol. The number of halogens is 1. The summed E-state index contributed by atoms with van der Waals surface area (Å²) in [5.41, 5.74) is 0. The molecule has 0 heterocycles. The minimum atomic E-state index is 0. The Labute approximate surface area is 48.8 Å². The first kappa shape index (κ1) is 9.28. The van der Waals surface area contributed by atoms with Gasteiger partial charge in [-0.1, -0.05) is 11.6 Å². The largest absolute Gasteiger partial charge is 1.00 e. The van der Waals surface area contributed by atoms with Crippen LogP contribution < -0.4 is 18.9 Å². The third kappa shape index (κ3) is 11.5. The Hall–Kier alpha value is 0.847. The molecule has 3 heteroatoms. The van der Waals surface area contributed by atoms with Crippen molar-refractivity contribution in [3.8, 4) is 0 Å². The Morgan fingerprint density at radius 3 is 2.00 bits per heavy atom. The van der Waals surface area contributed by atoms with E-state index in [1.54, 1.807) is 0 Å². The van der Waals surface area contributed by atoms with E-state index in [1.807, 2.05) is 0 Å². The Morgan fingerprint density at radius 2 is 2.00 bits per heavy atom. The molecular weight excluding hydrogens is 82.4 g/mol. The maximum absolute atomic E-state index is 4.90. The van der Waals surface area contributed by atoms with Crippen LogP contribution >= 0.6 is 11.6 Å². The van der Waals surface area contributed by atoms with E-state index < -0.39 is 0 Å². The van der Waals surface area contributed by atoms with E-state index in [1.165, 1.54) is 0 Å². The summed E-state index contributed by atoms with van der Waals surface area (Å²) in [6, 6.07) is 0.181. The van der Waals surface area contributed by atoms with Crippen LogP contribution in [0.5, 0.6) is 0 Å². The molecule has 0 saturated heterocycles. The summed E-state index contributed by atoms with van der Waals surface area (Å²) in [5.74, 6) is 0. The third-order valence-corrected chi connectivity index (χ3v) is 0.231. The van der Waals surface area contributed by atoms with E-state index in [9.17, 15) is 0 Å². The molecule has 0 spiro atoms. The molecule has 0 aromatic rings. The first-order chi connectivity index (χ1) is 1.91. The number of ether oxygens (including phenoxy) is 1. The van der Waals surface area contributed by atoms with E-state index in [0.717, 1.165) is 0 Å². The van der Waals surface area contributed by atoms with Gasteiger partial charge in [0.2, 0.25) is 0 Å². The van der Waals surface area contributed by atoms with Gasteiger partial charge in [-0.2, -0.15) is 0 Å². The average Bonchev–Trinajstić information content (AvgIpc) is 1.37. The van der Waals surface area contributed by atoms with Crippen molar-refractivity contribution in [1.29, 1.82) is 0 Å². The Bertz CT molecular complexity index is 11.6. The molecule has 0 unspecified atom stereocenters. The van der Waals surface area contributed by atoms with Crippen molar-refractivity contribution in [2.45, 2.75) is 0 Å². The molecule has 0 atom stereocenters. The van der Waals surface area contributed by atoms with E-state index >= 15 is 0 Å². The minimum absolute atomic E-state index is 0. The van der Waals surface area contributed by atoms with Crippen LogP contribution in [0.15, 0.2) is 0 Å². The van der Waals surface area contributed by atoms with Gasteiger partial charge in [0.15, 0.2) is 0 Å². The molecule has 0 bridgehead atoms. The fourth-order valence-electron chi connectivity index (χ4n) is 0. The van der Waals surface area contributed by atoms with Crippen molar-refractivity contribution in [3.05, 3.63) is 7.11 Å². The van der Waals surface area contributed by atoms with Gasteiger partial charge in [0.05, 0.1) is 6.07 Å². The van der Waals surface area contributed by atoms with Crippen LogP contribution in [0.25, 0.3) is 0 Å². The van der Waals surface area contributed by atoms with Crippen molar-refractivity contribution in [3.63, 3.8) is 0 Å². The molecule has 0 radical (unpaired) electrons. The van der Waals surface area contributed by atoms with Gasteiger partial charge in [0.1, 0.15) is 0 Å². The number of hydrogen-bond acceptors (Lipinski definition) is 1. The van der Waals surface area contributed by atoms with Gasteiger partial charge >= 0.3 is 18.9 Å². The molecule has 0 aliphatic carbocycles. The van der Waals surface area contributed by atoms with Gasteiger partial charge < -0.3 is 4.74 Å². The van der Waals surface area contributed by atoms with Crippen LogP contribution in [0.3, 0.4) is 0 Å². The summed E-state index contributed by atoms with van der Waals surface area (Å²) in [7, 11) is 2.97. The first-order valence-electron chi connectivity index (χ1n) is 0.845. The average molecular weight is 86.4 g/mol. The van der Waals surface area contributed by atoms with Gasteiger partial charge in [0.25, 0.3) is 0 Å². The summed E-state index contributed by atoms with van der Waals surface area (Å²) in [6.45, 7) is 0. The zero-order valence-corrected chi connectivity index (χ0v) is 3.96. The summed E-state index contributed by atoms with van der Waals surface area (Å²) < 4.78 is 4.06. The fourth-order valence-corrected chi connectivity index (χ4v) is 0. The van der Waals surface area contributed by atoms with Crippen LogP contribution in [-0.2, 0) is 4.74 Å². The van der Waals surface area contributed by atoms with Crippen LogP contribution in [0, 0.1) is 7.11 Å². The molecule has 0 aliphatic rings. The van der Waals surface area contributed by atoms with Crippen molar-refractivity contribution in [2.75, 3.05) is 6.07 Å². The van der Waals surface area contributed by atoms with Crippen LogP contribution in [0.2, 0.25) is 0 Å². The Morgan fingerprint density at radius 1 is 1.80 bits per heavy atom. The second-order valence-electron chi connectivity index (χ2n) is 0.313. The molecule has 1 nitrogen and oxygen atoms in total. The van der Waals surface area contributed by atoms with Crippen molar-refractivity contribution < 1.29 is 23.6 Å². The molecule has 0 amide bonds. The summed E-state index contributed by atoms with van der Waals surface area (Å²) in [4.78, 5) is 0. The van der Waals surface area contributed by atoms with Gasteiger partial charge in [-0.3, -0.25) is 0 Å². The van der Waals surface area contributed by atoms with Gasteiger partial charge in [0, 0.05) is 0 Å². The normalized spacial score (nSPS) is 6.00. The Balaban J connectivity index is 0. The SMILES string of the molecule is [CH2-]OCCl.[Li+]. The maximum Gasteiger partial charge on any atom is 1.00 e. The standard InChI is InChI=1S/C2H4ClO.Li/c1-4-2-3;/h1-2H2;/q-1;+1. The molecule has 0 aromatic carbocycles. The molecule has 0 rings (SSSR count). The number of rotatable bonds is 1. The maximum atomic E-state index is 4.90. The molecule has 26 valence electrons. The minimum Gasteiger partial charge on any atom is -0.544 e. The van der Waals surface area contributed by atoms with Crippen LogP contribution in [0.1, 0.15) is 0 Å². The summed E-state index contributed by atoms with van der Waals surface area (Å²) >= 11 is 4.90. The number of alkyl halides is 1. The second-order valence-corrected chi connectivity index (χ2v) is 0.531. The second kappa shape index (κ2) is 8.85. The monoisotopic (exact) mass is 86.0 g/mol. The zero-order valence-electron chi connectivity index (χ0n) is 3.20. The smallest absolute Gasteiger partial charge is 0.544 e. The van der Waals surface area contributed by atoms with Crippen LogP contribution in [-0.4, -0.2) is 6.07 Å². The summed E-state index contributed by atoms with van der Waals surface area (Å²) in [5, 5.41) is 0. The molecule has 0 fully saturated rings. The summed E-state index contributed by atoms with van der Waals surface area (Å²) in [6.07, 6.45) is 0. The fraction of sp³-hybridized carbons (Fsp3) is 0.500. The van der Waals surface area contributed by atoms with Crippen molar-refractivity contribution >= 4 is 11.6 Å². The van der Waals surface area contributed by atoms with Gasteiger partial charge in [-0.05, 0) is 0 Å². The first-order valence-corrected chi connectivity index (χ1v) is 1.38. The van der Waals surface area contributed by atoms with E-state index in [0.29, 0.717) is 0 Å². The van der Waals surface area contributed by atoms with Crippen molar-refractivity contribution in [2.24, 2.45) is 0 Å². The Kier molecular flexibility index (Phi) is 16.4. The molecule has 0 N–H and O–H groups in total. The molecule has 0 aromatic heterocycles. The van der Waals surface area contributed by atoms with E-state index in [-0.39, 0.29) is 24.9 Å². The topological polar surface area (TPSA) is 9.23 Å². The molecular formula is C2H4ClLiO. The molecule has 0 saturated carbocycles. The predicted octanol–water partition coefficient (Wildman–Crippen LogP) is -2.01. The molecule has 0 aliphatic heterocycles. The van der Waals surface area contributed by atoms with E-state index in [4.69, 9.17) is 11.6 Å².